The van der Waals surface area contributed by atoms with Gasteiger partial charge < -0.3 is 19.8 Å². The summed E-state index contributed by atoms with van der Waals surface area (Å²) in [6.45, 7) is 9.26. The van der Waals surface area contributed by atoms with Crippen LogP contribution in [0.1, 0.15) is 52.6 Å². The summed E-state index contributed by atoms with van der Waals surface area (Å²) in [5, 5.41) is 5.98. The summed E-state index contributed by atoms with van der Waals surface area (Å²) >= 11 is 0. The van der Waals surface area contributed by atoms with Gasteiger partial charge in [-0.05, 0) is 51.8 Å². The van der Waals surface area contributed by atoms with E-state index >= 15 is 0 Å². The molecule has 11 nitrogen and oxygen atoms in total. The highest BCUT2D eigenvalue weighted by molar-refractivity contribution is 7.59. The second-order valence-corrected chi connectivity index (χ2v) is 11.7. The monoisotopic (exact) mass is 535 g/mol. The quantitative estimate of drug-likeness (QED) is 0.218. The number of halogens is 1. The van der Waals surface area contributed by atoms with Crippen molar-refractivity contribution < 1.29 is 23.2 Å². The predicted octanol–water partition coefficient (Wildman–Crippen LogP) is 3.78. The van der Waals surface area contributed by atoms with E-state index in [1.54, 1.807) is 43.8 Å². The molecule has 3 aromatic rings. The zero-order valence-electron chi connectivity index (χ0n) is 21.8. The number of nitrogen functional groups attached to an aromatic ring is 1. The molecule has 0 bridgehead atoms. The van der Waals surface area contributed by atoms with Crippen LogP contribution in [-0.2, 0) is 25.4 Å². The van der Waals surface area contributed by atoms with Gasteiger partial charge in [-0.15, -0.1) is 0 Å². The molecule has 0 radical (unpaired) electrons. The molecule has 0 saturated carbocycles. The summed E-state index contributed by atoms with van der Waals surface area (Å²) in [4.78, 5) is 25.1. The number of esters is 1. The smallest absolute Gasteiger partial charge is 0.326 e. The van der Waals surface area contributed by atoms with Crippen LogP contribution in [-0.4, -0.2) is 50.1 Å². The molecule has 202 valence electrons. The van der Waals surface area contributed by atoms with Crippen molar-refractivity contribution in [3.8, 4) is 0 Å². The third-order valence-electron chi connectivity index (χ3n) is 5.58. The number of hydrogen-bond acceptors (Lipinski definition) is 8. The Labute approximate surface area is 215 Å². The lowest BCUT2D eigenvalue weighted by molar-refractivity contribution is -0.149. The van der Waals surface area contributed by atoms with Crippen LogP contribution in [0.2, 0.25) is 0 Å². The number of carbonyl (C=O) groups excluding carboxylic acids is 1. The number of nitrogens with two attached hydrogens (primary N) is 1. The van der Waals surface area contributed by atoms with E-state index in [-0.39, 0.29) is 18.8 Å². The van der Waals surface area contributed by atoms with Gasteiger partial charge in [-0.1, -0.05) is 19.1 Å². The fourth-order valence-electron chi connectivity index (χ4n) is 3.73. The molecule has 0 amide bonds. The van der Waals surface area contributed by atoms with Crippen LogP contribution >= 0.6 is 7.44 Å². The summed E-state index contributed by atoms with van der Waals surface area (Å²) in [6, 6.07) is 5.51. The fraction of sp³-hybridized carbons (Fsp3) is 0.500. The molecule has 0 saturated heterocycles. The van der Waals surface area contributed by atoms with Gasteiger partial charge in [0.05, 0.1) is 25.6 Å². The Morgan fingerprint density at radius 1 is 1.27 bits per heavy atom. The first-order valence-electron chi connectivity index (χ1n) is 12.1. The van der Waals surface area contributed by atoms with Gasteiger partial charge in [0.25, 0.3) is 0 Å². The van der Waals surface area contributed by atoms with Crippen LogP contribution in [0.5, 0.6) is 0 Å². The summed E-state index contributed by atoms with van der Waals surface area (Å²) in [5.74, 6) is -0.664. The largest absolute Gasteiger partial charge is 0.464 e. The van der Waals surface area contributed by atoms with Gasteiger partial charge in [-0.2, -0.15) is 0 Å². The van der Waals surface area contributed by atoms with E-state index in [0.717, 1.165) is 0 Å². The molecule has 3 rings (SSSR count). The topological polar surface area (TPSA) is 146 Å². The van der Waals surface area contributed by atoms with Gasteiger partial charge in [0.15, 0.2) is 11.5 Å². The lowest BCUT2D eigenvalue weighted by Gasteiger charge is -2.33. The normalized spacial score (nSPS) is 15.3. The van der Waals surface area contributed by atoms with Gasteiger partial charge in [-0.3, -0.25) is 9.36 Å². The zero-order valence-corrected chi connectivity index (χ0v) is 22.7. The number of aromatic nitrogens is 4. The number of ether oxygens (including phenoxy) is 2. The highest BCUT2D eigenvalue weighted by Crippen LogP contribution is 2.42. The fourth-order valence-corrected chi connectivity index (χ4v) is 6.17. The Kier molecular flexibility index (Phi) is 9.36. The van der Waals surface area contributed by atoms with Crippen molar-refractivity contribution in [3.05, 3.63) is 48.3 Å². The lowest BCUT2D eigenvalue weighted by atomic mass is 10.1. The highest BCUT2D eigenvalue weighted by atomic mass is 31.2. The zero-order chi connectivity index (χ0) is 27.2. The van der Waals surface area contributed by atoms with Crippen molar-refractivity contribution in [1.29, 1.82) is 0 Å². The average molecular weight is 536 g/mol. The van der Waals surface area contributed by atoms with Crippen molar-refractivity contribution >= 4 is 30.4 Å². The van der Waals surface area contributed by atoms with Crippen molar-refractivity contribution in [2.24, 2.45) is 0 Å². The van der Waals surface area contributed by atoms with E-state index in [9.17, 15) is 13.8 Å². The number of rotatable bonds is 13. The van der Waals surface area contributed by atoms with E-state index in [1.165, 1.54) is 18.5 Å². The van der Waals surface area contributed by atoms with E-state index in [0.29, 0.717) is 29.7 Å². The highest BCUT2D eigenvalue weighted by Gasteiger charge is 2.38. The number of benzene rings is 1. The maximum Gasteiger partial charge on any atom is 0.326 e. The number of imidazole rings is 1. The molecule has 0 aliphatic rings. The molecule has 0 unspecified atom stereocenters. The van der Waals surface area contributed by atoms with Crippen LogP contribution in [0.4, 0.5) is 10.2 Å². The molecule has 0 fully saturated rings. The van der Waals surface area contributed by atoms with E-state index in [2.05, 4.69) is 25.1 Å². The van der Waals surface area contributed by atoms with Gasteiger partial charge in [0.2, 0.25) is 7.44 Å². The standard InChI is InChI=1S/C24H35FN7O4P/c1-6-10-35-23(33)24(4,5)31-37(34,30-17(3)18-8-7-9-19(25)11-18)15-36-16(2)12-32-14-29-20-21(26)27-13-28-22(20)32/h7-9,11,13-14,16-17H,6,10,12,15H2,1-5H3,(H2,26,27,28)(H2,30,31,34)/t16-,17+,37-/m1/s1. The summed E-state index contributed by atoms with van der Waals surface area (Å²) in [5.41, 5.74) is 6.23. The Balaban J connectivity index is 1.76. The van der Waals surface area contributed by atoms with Crippen molar-refractivity contribution in [2.45, 2.75) is 65.3 Å². The summed E-state index contributed by atoms with van der Waals surface area (Å²) < 4.78 is 41.0. The summed E-state index contributed by atoms with van der Waals surface area (Å²) in [7, 11) is -3.58. The minimum atomic E-state index is -3.58. The van der Waals surface area contributed by atoms with Gasteiger partial charge >= 0.3 is 5.97 Å². The number of nitrogens with one attached hydrogen (secondary N) is 2. The Morgan fingerprint density at radius 2 is 2.03 bits per heavy atom. The molecule has 0 aliphatic heterocycles. The molecular weight excluding hydrogens is 500 g/mol. The Hall–Kier alpha value is -2.92. The molecule has 13 heteroatoms. The number of anilines is 1. The lowest BCUT2D eigenvalue weighted by Crippen LogP contribution is -2.49. The van der Waals surface area contributed by atoms with Gasteiger partial charge in [0.1, 0.15) is 29.5 Å². The van der Waals surface area contributed by atoms with Gasteiger partial charge in [-0.25, -0.2) is 29.5 Å². The minimum absolute atomic E-state index is 0.248. The summed E-state index contributed by atoms with van der Waals surface area (Å²) in [6.07, 6.45) is 2.95. The maximum absolute atomic E-state index is 14.1. The van der Waals surface area contributed by atoms with Crippen LogP contribution in [0.25, 0.3) is 11.2 Å². The number of hydrogen-bond donors (Lipinski definition) is 3. The molecule has 4 N–H and O–H groups in total. The van der Waals surface area contributed by atoms with Gasteiger partial charge in [0, 0.05) is 6.04 Å². The first-order valence-corrected chi connectivity index (χ1v) is 13.9. The average Bonchev–Trinajstić information content (AvgIpc) is 3.24. The van der Waals surface area contributed by atoms with Crippen molar-refractivity contribution in [2.75, 3.05) is 18.7 Å². The third kappa shape index (κ3) is 7.54. The first-order chi connectivity index (χ1) is 17.4. The third-order valence-corrected chi connectivity index (χ3v) is 7.82. The molecule has 37 heavy (non-hydrogen) atoms. The van der Waals surface area contributed by atoms with E-state index in [1.807, 2.05) is 13.8 Å². The van der Waals surface area contributed by atoms with Crippen LogP contribution in [0.3, 0.4) is 0 Å². The van der Waals surface area contributed by atoms with Crippen molar-refractivity contribution in [3.63, 3.8) is 0 Å². The minimum Gasteiger partial charge on any atom is -0.464 e. The van der Waals surface area contributed by atoms with E-state index in [4.69, 9.17) is 15.2 Å². The molecule has 3 atom stereocenters. The van der Waals surface area contributed by atoms with Crippen molar-refractivity contribution in [1.82, 2.24) is 29.7 Å². The molecule has 0 aliphatic carbocycles. The first kappa shape index (κ1) is 28.6. The SMILES string of the molecule is CCCOC(=O)C(C)(C)N[P@@](=O)(CO[C@H](C)Cn1cnc2c(N)ncnc21)N[C@@H](C)c1cccc(F)c1. The second kappa shape index (κ2) is 12.1. The molecule has 2 aromatic heterocycles. The Morgan fingerprint density at radius 3 is 2.73 bits per heavy atom. The molecular formula is C24H35FN7O4P. The second-order valence-electron chi connectivity index (χ2n) is 9.45. The number of nitrogens with zero attached hydrogens (tertiary/aromatic N) is 4. The maximum atomic E-state index is 14.1. The molecule has 1 aromatic carbocycles. The molecule has 2 heterocycles. The van der Waals surface area contributed by atoms with Crippen LogP contribution < -0.4 is 15.9 Å². The Bertz CT molecular complexity index is 1270. The number of fused-ring (bicyclic) bond motifs is 1. The van der Waals surface area contributed by atoms with Crippen LogP contribution in [0.15, 0.2) is 36.9 Å². The number of carbonyl (C=O) groups is 1. The predicted molar refractivity (Wildman–Crippen MR) is 139 cm³/mol. The van der Waals surface area contributed by atoms with Crippen LogP contribution in [0, 0.1) is 5.82 Å². The van der Waals surface area contributed by atoms with E-state index < -0.39 is 36.9 Å². The molecule has 0 spiro atoms.